The fraction of sp³-hybridized carbons (Fsp3) is 0.571. The summed E-state index contributed by atoms with van der Waals surface area (Å²) in [5.74, 6) is 1.02. The van der Waals surface area contributed by atoms with Crippen LogP contribution < -0.4 is 16.4 Å². The predicted octanol–water partition coefficient (Wildman–Crippen LogP) is 1.53. The highest BCUT2D eigenvalue weighted by atomic mass is 16.1. The lowest BCUT2D eigenvalue weighted by Crippen LogP contribution is -2.44. The molecule has 2 fully saturated rings. The third-order valence-electron chi connectivity index (χ3n) is 4.42. The molecule has 2 atom stereocenters. The normalized spacial score (nSPS) is 26.2. The van der Waals surface area contributed by atoms with Crippen molar-refractivity contribution < 1.29 is 4.79 Å². The molecule has 4 N–H and O–H groups in total. The molecule has 19 heavy (non-hydrogen) atoms. The van der Waals surface area contributed by atoms with Gasteiger partial charge >= 0.3 is 0 Å². The van der Waals surface area contributed by atoms with Gasteiger partial charge in [-0.2, -0.15) is 0 Å². The molecule has 102 valence electrons. The van der Waals surface area contributed by atoms with E-state index in [1.807, 2.05) is 0 Å². The first-order chi connectivity index (χ1) is 9.16. The fourth-order valence-electron chi connectivity index (χ4n) is 3.60. The minimum Gasteiger partial charge on any atom is -0.397 e. The fourth-order valence-corrected chi connectivity index (χ4v) is 3.60. The number of fused-ring (bicyclic) bond motifs is 1. The van der Waals surface area contributed by atoms with Gasteiger partial charge in [-0.1, -0.05) is 6.42 Å². The molecule has 2 heterocycles. The van der Waals surface area contributed by atoms with Crippen molar-refractivity contribution in [1.29, 1.82) is 0 Å². The van der Waals surface area contributed by atoms with E-state index in [0.717, 1.165) is 24.7 Å². The molecule has 1 saturated heterocycles. The van der Waals surface area contributed by atoms with E-state index in [9.17, 15) is 4.79 Å². The molecule has 3 rings (SSSR count). The van der Waals surface area contributed by atoms with Gasteiger partial charge in [-0.3, -0.25) is 4.79 Å². The van der Waals surface area contributed by atoms with Crippen LogP contribution in [-0.4, -0.2) is 23.5 Å². The van der Waals surface area contributed by atoms with Crippen molar-refractivity contribution in [2.45, 2.75) is 38.1 Å². The van der Waals surface area contributed by atoms with Crippen molar-refractivity contribution in [3.05, 3.63) is 17.8 Å². The molecule has 1 aromatic heterocycles. The molecule has 0 radical (unpaired) electrons. The number of hydrogen-bond acceptors (Lipinski definition) is 4. The minimum absolute atomic E-state index is 0.449. The topological polar surface area (TPSA) is 85.2 Å². The number of amides is 1. The summed E-state index contributed by atoms with van der Waals surface area (Å²) in [6, 6.07) is 2.16. The van der Waals surface area contributed by atoms with Gasteiger partial charge in [-0.25, -0.2) is 4.98 Å². The quantitative estimate of drug-likeness (QED) is 0.844. The van der Waals surface area contributed by atoms with Crippen LogP contribution in [0.5, 0.6) is 0 Å². The molecule has 5 nitrogen and oxygen atoms in total. The summed E-state index contributed by atoms with van der Waals surface area (Å²) in [5, 5.41) is 0. The van der Waals surface area contributed by atoms with Crippen LogP contribution in [-0.2, 0) is 0 Å². The number of pyridine rings is 1. The molecule has 5 heteroatoms. The third kappa shape index (κ3) is 2.13. The first-order valence-corrected chi connectivity index (χ1v) is 6.99. The number of rotatable bonds is 2. The van der Waals surface area contributed by atoms with E-state index in [4.69, 9.17) is 11.5 Å². The van der Waals surface area contributed by atoms with Crippen molar-refractivity contribution in [2.75, 3.05) is 17.2 Å². The van der Waals surface area contributed by atoms with Gasteiger partial charge in [-0.05, 0) is 37.7 Å². The Morgan fingerprint density at radius 2 is 2.11 bits per heavy atom. The van der Waals surface area contributed by atoms with E-state index in [2.05, 4.69) is 9.88 Å². The van der Waals surface area contributed by atoms with Crippen LogP contribution in [0.1, 0.15) is 42.5 Å². The van der Waals surface area contributed by atoms with Crippen LogP contribution in [0.15, 0.2) is 12.3 Å². The Hall–Kier alpha value is -1.78. The van der Waals surface area contributed by atoms with Crippen molar-refractivity contribution in [1.82, 2.24) is 4.98 Å². The Labute approximate surface area is 113 Å². The van der Waals surface area contributed by atoms with Gasteiger partial charge < -0.3 is 16.4 Å². The van der Waals surface area contributed by atoms with Gasteiger partial charge in [0.15, 0.2) is 0 Å². The van der Waals surface area contributed by atoms with Crippen molar-refractivity contribution in [2.24, 2.45) is 11.7 Å². The molecule has 1 aromatic rings. The number of aromatic nitrogens is 1. The molecule has 0 aromatic carbocycles. The summed E-state index contributed by atoms with van der Waals surface area (Å²) in [5.41, 5.74) is 12.1. The second-order valence-corrected chi connectivity index (χ2v) is 5.60. The minimum atomic E-state index is -0.449. The van der Waals surface area contributed by atoms with Crippen molar-refractivity contribution in [3.8, 4) is 0 Å². The molecule has 0 spiro atoms. The van der Waals surface area contributed by atoms with Gasteiger partial charge in [0.2, 0.25) is 0 Å². The van der Waals surface area contributed by atoms with E-state index in [1.165, 1.54) is 25.7 Å². The van der Waals surface area contributed by atoms with Gasteiger partial charge in [0.05, 0.1) is 17.4 Å². The number of nitrogens with two attached hydrogens (primary N) is 2. The lowest BCUT2D eigenvalue weighted by molar-refractivity contribution is 0.1000. The van der Waals surface area contributed by atoms with Gasteiger partial charge in [0, 0.05) is 12.6 Å². The lowest BCUT2D eigenvalue weighted by Gasteiger charge is -2.39. The largest absolute Gasteiger partial charge is 0.397 e. The molecule has 2 aliphatic rings. The Kier molecular flexibility index (Phi) is 3.05. The summed E-state index contributed by atoms with van der Waals surface area (Å²) in [4.78, 5) is 18.3. The van der Waals surface area contributed by atoms with Crippen molar-refractivity contribution in [3.63, 3.8) is 0 Å². The number of primary amides is 1. The maximum Gasteiger partial charge on any atom is 0.252 e. The lowest BCUT2D eigenvalue weighted by atomic mass is 9.91. The van der Waals surface area contributed by atoms with Gasteiger partial charge in [0.1, 0.15) is 5.82 Å². The molecular formula is C14H20N4O. The molecule has 2 unspecified atom stereocenters. The van der Waals surface area contributed by atoms with E-state index < -0.39 is 5.91 Å². The van der Waals surface area contributed by atoms with Crippen LogP contribution in [0, 0.1) is 5.92 Å². The zero-order valence-electron chi connectivity index (χ0n) is 11.0. The third-order valence-corrected chi connectivity index (χ3v) is 4.42. The molecule has 1 aliphatic carbocycles. The molecule has 1 saturated carbocycles. The Morgan fingerprint density at radius 1 is 1.32 bits per heavy atom. The first kappa shape index (κ1) is 12.3. The highest BCUT2D eigenvalue weighted by molar-refractivity contribution is 5.98. The van der Waals surface area contributed by atoms with E-state index in [1.54, 1.807) is 12.3 Å². The number of anilines is 2. The Balaban J connectivity index is 1.98. The molecular weight excluding hydrogens is 240 g/mol. The van der Waals surface area contributed by atoms with Crippen molar-refractivity contribution >= 4 is 17.4 Å². The van der Waals surface area contributed by atoms with Crippen LogP contribution in [0.3, 0.4) is 0 Å². The average Bonchev–Trinajstić information content (AvgIpc) is 2.86. The number of carbonyl (C=O) groups excluding carboxylic acids is 1. The number of hydrogen-bond donors (Lipinski definition) is 2. The Morgan fingerprint density at radius 3 is 2.89 bits per heavy atom. The van der Waals surface area contributed by atoms with Gasteiger partial charge in [-0.15, -0.1) is 0 Å². The van der Waals surface area contributed by atoms with E-state index >= 15 is 0 Å². The van der Waals surface area contributed by atoms with Crippen LogP contribution in [0.4, 0.5) is 11.5 Å². The maximum absolute atomic E-state index is 11.6. The summed E-state index contributed by atoms with van der Waals surface area (Å²) >= 11 is 0. The number of nitrogen functional groups attached to an aromatic ring is 1. The first-order valence-electron chi connectivity index (χ1n) is 6.99. The van der Waals surface area contributed by atoms with Crippen LogP contribution >= 0.6 is 0 Å². The average molecular weight is 260 g/mol. The zero-order chi connectivity index (χ0) is 13.4. The number of piperidine rings is 1. The maximum atomic E-state index is 11.6. The Bertz CT molecular complexity index is 502. The second-order valence-electron chi connectivity index (χ2n) is 5.60. The molecule has 0 bridgehead atoms. The van der Waals surface area contributed by atoms with Crippen LogP contribution in [0.2, 0.25) is 0 Å². The summed E-state index contributed by atoms with van der Waals surface area (Å²) in [6.45, 7) is 0.957. The number of nitrogens with zero attached hydrogens (tertiary/aromatic N) is 2. The number of carbonyl (C=O) groups is 1. The highest BCUT2D eigenvalue weighted by Crippen LogP contribution is 2.39. The summed E-state index contributed by atoms with van der Waals surface area (Å²) < 4.78 is 0. The summed E-state index contributed by atoms with van der Waals surface area (Å²) in [6.07, 6.45) is 7.82. The van der Waals surface area contributed by atoms with Gasteiger partial charge in [0.25, 0.3) is 5.91 Å². The monoisotopic (exact) mass is 260 g/mol. The SMILES string of the molecule is NC(=O)c1cc(N)cnc1N1CCCC2CCCC21. The smallest absolute Gasteiger partial charge is 0.252 e. The molecule has 1 amide bonds. The zero-order valence-corrected chi connectivity index (χ0v) is 11.0. The molecule has 1 aliphatic heterocycles. The highest BCUT2D eigenvalue weighted by Gasteiger charge is 2.36. The second kappa shape index (κ2) is 4.72. The van der Waals surface area contributed by atoms with Crippen LogP contribution in [0.25, 0.3) is 0 Å². The van der Waals surface area contributed by atoms with E-state index in [0.29, 0.717) is 17.3 Å². The standard InChI is InChI=1S/C14H20N4O/c15-10-7-11(13(16)19)14(17-8-10)18-6-2-4-9-3-1-5-12(9)18/h7-9,12H,1-6,15H2,(H2,16,19). The summed E-state index contributed by atoms with van der Waals surface area (Å²) in [7, 11) is 0. The predicted molar refractivity (Wildman–Crippen MR) is 74.9 cm³/mol. The van der Waals surface area contributed by atoms with E-state index in [-0.39, 0.29) is 0 Å².